The number of fused-ring (bicyclic) bond motifs is 5. The minimum atomic E-state index is -1.17. The number of unbranched alkanes of at least 4 members (excludes halogenated alkanes) is 4. The van der Waals surface area contributed by atoms with Crippen LogP contribution in [0.1, 0.15) is 177 Å². The Balaban J connectivity index is 0.000000125. The van der Waals surface area contributed by atoms with Crippen molar-refractivity contribution in [3.63, 3.8) is 0 Å². The summed E-state index contributed by atoms with van der Waals surface area (Å²) in [5.74, 6) is 4.38. The largest absolute Gasteiger partial charge is 0.508 e. The number of nitrogens with two attached hydrogens (primary N) is 3. The van der Waals surface area contributed by atoms with Crippen molar-refractivity contribution in [3.05, 3.63) is 193 Å². The van der Waals surface area contributed by atoms with Crippen molar-refractivity contribution >= 4 is 255 Å². The number of benzene rings is 1. The molecule has 6 aliphatic rings. The first kappa shape index (κ1) is 106. The second kappa shape index (κ2) is 49.8. The van der Waals surface area contributed by atoms with E-state index in [-0.39, 0.29) is 13.2 Å². The molecule has 0 spiro atoms. The number of thiazole rings is 5. The van der Waals surface area contributed by atoms with Crippen molar-refractivity contribution in [3.8, 4) is 64.6 Å². The van der Waals surface area contributed by atoms with E-state index in [1.54, 1.807) is 67.0 Å². The minimum Gasteiger partial charge on any atom is -0.433 e. The van der Waals surface area contributed by atoms with Crippen LogP contribution >= 0.6 is 90.7 Å². The van der Waals surface area contributed by atoms with Gasteiger partial charge in [0.05, 0.1) is 70.2 Å². The Labute approximate surface area is 885 Å². The predicted molar refractivity (Wildman–Crippen MR) is 606 cm³/mol. The van der Waals surface area contributed by atoms with Crippen LogP contribution < -0.4 is 17.2 Å². The number of ether oxygens (including phenoxy) is 3. The number of aliphatic imine (C=N–C) groups is 4. The Hall–Kier alpha value is -10.7. The number of hydrogen-bond acceptors (Lipinski definition) is 36. The van der Waals surface area contributed by atoms with Gasteiger partial charge in [-0.1, -0.05) is 77.6 Å². The number of methoxy groups -OCH3 is 1. The molecule has 145 heavy (non-hydrogen) atoms. The maximum absolute atomic E-state index is 13.0. The molecular formula is C104H110N18O10S13. The lowest BCUT2D eigenvalue weighted by molar-refractivity contribution is 0.0461. The second-order valence-corrected chi connectivity index (χ2v) is 51.1. The van der Waals surface area contributed by atoms with Crippen LogP contribution in [0.15, 0.2) is 196 Å². The summed E-state index contributed by atoms with van der Waals surface area (Å²) in [6.45, 7) is 14.1. The van der Waals surface area contributed by atoms with Crippen LogP contribution in [0.5, 0.6) is 0 Å². The van der Waals surface area contributed by atoms with Gasteiger partial charge in [-0.05, 0) is 183 Å². The molecule has 21 rings (SSSR count). The van der Waals surface area contributed by atoms with Crippen molar-refractivity contribution in [1.82, 2.24) is 54.7 Å². The molecule has 28 nitrogen and oxygen atoms in total. The quantitative estimate of drug-likeness (QED) is 0.0240. The molecule has 0 radical (unpaired) electrons. The molecule has 5 atom stereocenters. The zero-order valence-corrected chi connectivity index (χ0v) is 92.2. The van der Waals surface area contributed by atoms with Crippen LogP contribution in [0.3, 0.4) is 0 Å². The van der Waals surface area contributed by atoms with E-state index < -0.39 is 60.2 Å². The van der Waals surface area contributed by atoms with Gasteiger partial charge >= 0.3 is 6.16 Å². The van der Waals surface area contributed by atoms with Crippen LogP contribution in [0, 0.1) is 5.92 Å². The van der Waals surface area contributed by atoms with Crippen LogP contribution in [-0.4, -0.2) is 175 Å². The van der Waals surface area contributed by atoms with E-state index in [0.717, 1.165) is 254 Å². The van der Waals surface area contributed by atoms with Gasteiger partial charge in [0, 0.05) is 230 Å². The summed E-state index contributed by atoms with van der Waals surface area (Å²) in [6.07, 6.45) is 32.8. The summed E-state index contributed by atoms with van der Waals surface area (Å²) in [5, 5.41) is 18.1. The molecule has 4 aliphatic heterocycles. The fourth-order valence-corrected chi connectivity index (χ4v) is 29.9. The molecule has 5 unspecified atom stereocenters. The normalized spacial score (nSPS) is 15.2. The zero-order valence-electron chi connectivity index (χ0n) is 81.6. The lowest BCUT2D eigenvalue weighted by Crippen LogP contribution is -2.20. The number of carbonyl (C=O) groups excluding carboxylic acids is 1. The molecule has 41 heteroatoms. The van der Waals surface area contributed by atoms with Crippen LogP contribution in [0.4, 0.5) is 16.2 Å². The van der Waals surface area contributed by atoms with Crippen molar-refractivity contribution in [1.29, 1.82) is 0 Å². The lowest BCUT2D eigenvalue weighted by Gasteiger charge is -2.11. The number of rotatable bonds is 37. The Bertz CT molecular complexity index is 7630. The van der Waals surface area contributed by atoms with E-state index in [1.807, 2.05) is 127 Å². The van der Waals surface area contributed by atoms with Gasteiger partial charge < -0.3 is 40.7 Å². The molecule has 2 aliphatic carbocycles. The summed E-state index contributed by atoms with van der Waals surface area (Å²) >= 11 is 12.1. The molecule has 6 N–H and O–H groups in total. The first-order chi connectivity index (χ1) is 70.5. The highest BCUT2D eigenvalue weighted by Gasteiger charge is 2.33. The van der Waals surface area contributed by atoms with E-state index >= 15 is 0 Å². The number of nitrogens with zero attached hydrogens (tertiary/aromatic N) is 15. The Morgan fingerprint density at radius 1 is 0.469 bits per heavy atom. The molecule has 1 aromatic carbocycles. The van der Waals surface area contributed by atoms with Gasteiger partial charge in [0.2, 0.25) is 5.71 Å². The number of aromatic nitrogens is 10. The molecule has 0 saturated heterocycles. The molecule has 0 amide bonds. The minimum absolute atomic E-state index is 0.109. The molecule has 1 fully saturated rings. The molecule has 14 aromatic heterocycles. The summed E-state index contributed by atoms with van der Waals surface area (Å²) < 4.78 is 87.2. The van der Waals surface area contributed by atoms with E-state index in [2.05, 4.69) is 96.9 Å². The van der Waals surface area contributed by atoms with Gasteiger partial charge in [-0.3, -0.25) is 36.0 Å². The number of allylic oxidation sites excluding steroid dienone is 4. The third-order valence-corrected chi connectivity index (χ3v) is 39.6. The van der Waals surface area contributed by atoms with Crippen LogP contribution in [-0.2, 0) is 81.2 Å². The van der Waals surface area contributed by atoms with Gasteiger partial charge in [-0.15, -0.1) is 90.7 Å². The first-order valence-electron chi connectivity index (χ1n) is 47.7. The maximum atomic E-state index is 13.0. The van der Waals surface area contributed by atoms with E-state index in [0.29, 0.717) is 91.4 Å². The number of amidine groups is 1. The number of furan rings is 1. The highest BCUT2D eigenvalue weighted by atomic mass is 32.2. The van der Waals surface area contributed by atoms with Gasteiger partial charge in [0.15, 0.2) is 5.09 Å². The number of carbonyl (C=O) groups is 1. The first-order valence-corrected chi connectivity index (χ1v) is 61.2. The average Bonchev–Trinajstić information content (AvgIpc) is 1.61. The standard InChI is InChI=1S/C26H30N4O4S3.C21H21N3O2S3.C20H21N3OS2.C19H19N3O2S2.C18H19N5OS3/c1-4-5-14-37(32)25-22(27)21-19(15-20(29-24(21)36-25)23-28-10-13-35-23)18-8-6-17(7-9-18)16-34-26(31)33-12-11-30(2)3;1-26-6-2-8-29(25)19-11-16-15(14-9-17(23-12-14)13-3-4-13)10-18(24-20(16)28-19)21-22-5-7-27-21;1-3-4-7-26(24)15-9-17-16(14-8-13(2)22-12-14)11-19(23-18(17)10-15)20-21-5-6-25-20;1-3-4-7-26(23)17-10-15-14(13-8-12(2)21-11-13)9-16(22-18(15)24-17)19-20-5-6-25-19;1-2-3-6-27(24)18-15(20)14-11(10-7-13(19)22-9-10)8-12(23-17(14)26-18)16-21-4-5-25-16/h6-10,13,15H,4-5,11-12,14,16,27H2,1-3H3;5,7,10-13H,2-4,6,8-9H2,1H3;5-6,9,11-12H,3-4,7-8,10H2,1-2H3;5-6,9-11H,3-4,7-8H2,1-2H3;4-5,8-9H,2-3,6-7,20H2,1H3,(H2,19,22). The summed E-state index contributed by atoms with van der Waals surface area (Å²) in [6, 6.07) is 21.9. The zero-order chi connectivity index (χ0) is 101. The van der Waals surface area contributed by atoms with E-state index in [4.69, 9.17) is 60.8 Å². The fourth-order valence-electron chi connectivity index (χ4n) is 16.3. The van der Waals surface area contributed by atoms with Crippen LogP contribution in [0.25, 0.3) is 135 Å². The van der Waals surface area contributed by atoms with Gasteiger partial charge in [-0.2, -0.15) is 0 Å². The molecular weight excluding hydrogens is 2080 g/mol. The summed E-state index contributed by atoms with van der Waals surface area (Å²) in [7, 11) is 0.0871. The van der Waals surface area contributed by atoms with Crippen LogP contribution in [0.2, 0.25) is 0 Å². The SMILES string of the molecule is CCCCS(=O)C1=Cc2c(C3=CN=C(C)C3)cc(-c3nccs3)nc2C1.CCCCS(=O)c1cc2c(C3=CN=C(C)C3)cc(-c3nccs3)nc2o1.CCCCS(=O)c1sc2nc(-c3nccs3)cc(-c3ccc(COC(=O)OCCN(C)C)cc3)c2c1N.CCCCS(=O)c1sc2nc(-c3nccs3)cc(C3=CN=C(N)C3)c2c1N.COCCCS(=O)c1cc2c(C3=CN=C(C4CC4)C3)cc(-c3nccs3)nc2s1. The van der Waals surface area contributed by atoms with Crippen molar-refractivity contribution < 1.29 is 44.5 Å². The highest BCUT2D eigenvalue weighted by molar-refractivity contribution is 7.89. The Morgan fingerprint density at radius 2 is 0.938 bits per heavy atom. The Morgan fingerprint density at radius 3 is 1.45 bits per heavy atom. The number of anilines is 2. The number of hydrogen-bond donors (Lipinski definition) is 3. The van der Waals surface area contributed by atoms with Crippen molar-refractivity contribution in [2.75, 3.05) is 81.2 Å². The summed E-state index contributed by atoms with van der Waals surface area (Å²) in [4.78, 5) is 80.9. The van der Waals surface area contributed by atoms with Gasteiger partial charge in [0.25, 0.3) is 0 Å². The second-order valence-electron chi connectivity index (χ2n) is 35.1. The monoisotopic (exact) mass is 2190 g/mol. The molecule has 18 heterocycles. The van der Waals surface area contributed by atoms with Crippen molar-refractivity contribution in [2.24, 2.45) is 31.6 Å². The Kier molecular flexibility index (Phi) is 36.3. The number of thiophene rings is 3. The third kappa shape index (κ3) is 26.0. The smallest absolute Gasteiger partial charge is 0.433 e. The molecule has 15 aromatic rings. The van der Waals surface area contributed by atoms with E-state index in [9.17, 15) is 25.8 Å². The molecule has 0 bridgehead atoms. The van der Waals surface area contributed by atoms with E-state index in [1.165, 1.54) is 97.7 Å². The lowest BCUT2D eigenvalue weighted by atomic mass is 9.97. The third-order valence-electron chi connectivity index (χ3n) is 24.0. The number of likely N-dealkylation sites (N-methyl/N-ethyl adjacent to an activating group) is 1. The molecule has 1 saturated carbocycles. The van der Waals surface area contributed by atoms with Crippen molar-refractivity contribution in [2.45, 2.75) is 169 Å². The number of nitrogen functional groups attached to an aromatic ring is 2. The predicted octanol–water partition coefficient (Wildman–Crippen LogP) is 24.9. The highest BCUT2D eigenvalue weighted by Crippen LogP contribution is 2.48. The maximum Gasteiger partial charge on any atom is 0.508 e. The topological polar surface area (TPSA) is 403 Å². The summed E-state index contributed by atoms with van der Waals surface area (Å²) in [5.41, 5.74) is 41.7. The average molecular weight is 2190 g/mol. The van der Waals surface area contributed by atoms with Gasteiger partial charge in [-0.25, -0.2) is 59.6 Å². The number of pyridine rings is 5. The molecule has 754 valence electrons. The fraction of sp³-hybridized carbons (Fsp3) is 0.337. The van der Waals surface area contributed by atoms with Gasteiger partial charge in [0.1, 0.15) is 89.8 Å².